The Balaban J connectivity index is 0.00000342. The zero-order valence-electron chi connectivity index (χ0n) is 18.9. The molecule has 0 radical (unpaired) electrons. The second kappa shape index (κ2) is 11.3. The molecule has 0 aromatic carbocycles. The van der Waals surface area contributed by atoms with Crippen molar-refractivity contribution >= 4 is 51.7 Å². The molecule has 2 aliphatic heterocycles. The molecule has 0 spiro atoms. The molecule has 4 heterocycles. The van der Waals surface area contributed by atoms with Gasteiger partial charge in [0.25, 0.3) is 11.8 Å². The van der Waals surface area contributed by atoms with Gasteiger partial charge in [-0.3, -0.25) is 14.5 Å². The largest absolute Gasteiger partial charge is 1.00 e. The smallest absolute Gasteiger partial charge is 0.543 e. The molecule has 4 rings (SSSR count). The number of thioether (sulfide) groups is 1. The number of rotatable bonds is 8. The number of aryl methyl sites for hydroxylation is 1. The molecule has 2 aromatic heterocycles. The molecule has 1 fully saturated rings. The maximum Gasteiger partial charge on any atom is 1.00 e. The van der Waals surface area contributed by atoms with Crippen LogP contribution in [-0.2, 0) is 25.8 Å². The van der Waals surface area contributed by atoms with Crippen LogP contribution in [0, 0.1) is 6.92 Å². The Hall–Kier alpha value is -2.79. The zero-order chi connectivity index (χ0) is 24.4. The molecular formula is C18H18N9NaO5S2. The maximum atomic E-state index is 12.8. The second-order valence-electron chi connectivity index (χ2n) is 7.03. The van der Waals surface area contributed by atoms with E-state index in [0.29, 0.717) is 17.9 Å². The topological polar surface area (TPSA) is 194 Å². The Morgan fingerprint density at radius 3 is 2.83 bits per heavy atom. The summed E-state index contributed by atoms with van der Waals surface area (Å²) in [7, 11) is 1.27. The summed E-state index contributed by atoms with van der Waals surface area (Å²) in [6.07, 6.45) is 3.30. The van der Waals surface area contributed by atoms with E-state index in [-0.39, 0.29) is 57.5 Å². The van der Waals surface area contributed by atoms with E-state index >= 15 is 0 Å². The van der Waals surface area contributed by atoms with Crippen molar-refractivity contribution in [2.45, 2.75) is 24.9 Å². The van der Waals surface area contributed by atoms with E-state index in [1.54, 1.807) is 19.1 Å². The number of nitrogens with two attached hydrogens (primary N) is 1. The Morgan fingerprint density at radius 1 is 1.46 bits per heavy atom. The van der Waals surface area contributed by atoms with Gasteiger partial charge in [0.2, 0.25) is 0 Å². The molecule has 0 aliphatic carbocycles. The van der Waals surface area contributed by atoms with Gasteiger partial charge in [0, 0.05) is 11.1 Å². The van der Waals surface area contributed by atoms with E-state index in [2.05, 4.69) is 31.0 Å². The van der Waals surface area contributed by atoms with E-state index in [9.17, 15) is 19.5 Å². The van der Waals surface area contributed by atoms with Crippen LogP contribution >= 0.6 is 23.1 Å². The van der Waals surface area contributed by atoms with E-state index < -0.39 is 29.2 Å². The van der Waals surface area contributed by atoms with Crippen molar-refractivity contribution in [3.05, 3.63) is 40.3 Å². The van der Waals surface area contributed by atoms with Crippen molar-refractivity contribution in [1.29, 1.82) is 0 Å². The molecule has 0 bridgehead atoms. The number of fused-ring (bicyclic) bond motifs is 1. The minimum Gasteiger partial charge on any atom is -0.543 e. The molecule has 1 unspecified atom stereocenters. The van der Waals surface area contributed by atoms with Crippen molar-refractivity contribution in [2.75, 3.05) is 18.6 Å². The Kier molecular flexibility index (Phi) is 8.65. The monoisotopic (exact) mass is 527 g/mol. The van der Waals surface area contributed by atoms with Crippen LogP contribution in [0.25, 0.3) is 0 Å². The Labute approximate surface area is 228 Å². The number of anilines is 1. The van der Waals surface area contributed by atoms with Crippen LogP contribution in [0.15, 0.2) is 34.0 Å². The number of allylic oxidation sites excluding steroid dienone is 2. The van der Waals surface area contributed by atoms with Crippen LogP contribution < -0.4 is 45.7 Å². The first kappa shape index (κ1) is 26.8. The van der Waals surface area contributed by atoms with Crippen LogP contribution in [-0.4, -0.2) is 77.9 Å². The Bertz CT molecular complexity index is 1240. The SMILES string of the molecule is CON=C(C(=O)NC1C(=O)N2C(C(=O)[O-])=C(/C=C/Cn3nnnc3C)CS[C@H]12)c1csc(N)n1.[Na+]. The van der Waals surface area contributed by atoms with Gasteiger partial charge in [-0.2, -0.15) is 0 Å². The molecular weight excluding hydrogens is 509 g/mol. The van der Waals surface area contributed by atoms with Crippen molar-refractivity contribution in [2.24, 2.45) is 5.16 Å². The molecule has 14 nitrogen and oxygen atoms in total. The van der Waals surface area contributed by atoms with Crippen molar-refractivity contribution in [3.8, 4) is 0 Å². The maximum absolute atomic E-state index is 12.8. The van der Waals surface area contributed by atoms with Gasteiger partial charge < -0.3 is 25.8 Å². The quantitative estimate of drug-likeness (QED) is 0.144. The first-order chi connectivity index (χ1) is 16.3. The van der Waals surface area contributed by atoms with E-state index in [4.69, 9.17) is 10.6 Å². The number of carboxylic acids is 1. The predicted octanol–water partition coefficient (Wildman–Crippen LogP) is -4.96. The summed E-state index contributed by atoms with van der Waals surface area (Å²) < 4.78 is 1.53. The summed E-state index contributed by atoms with van der Waals surface area (Å²) in [5.74, 6) is -1.88. The Morgan fingerprint density at radius 2 is 2.23 bits per heavy atom. The summed E-state index contributed by atoms with van der Waals surface area (Å²) in [5.41, 5.74) is 5.84. The number of hydrogen-bond acceptors (Lipinski definition) is 13. The van der Waals surface area contributed by atoms with E-state index in [0.717, 1.165) is 16.2 Å². The average molecular weight is 528 g/mol. The van der Waals surface area contributed by atoms with Crippen LogP contribution in [0.2, 0.25) is 0 Å². The van der Waals surface area contributed by atoms with Gasteiger partial charge in [-0.25, -0.2) is 9.67 Å². The van der Waals surface area contributed by atoms with Gasteiger partial charge in [-0.15, -0.1) is 28.2 Å². The number of β-lactam (4-membered cyclic amide) rings is 1. The molecule has 178 valence electrons. The van der Waals surface area contributed by atoms with Crippen LogP contribution in [0.4, 0.5) is 5.13 Å². The third-order valence-corrected chi connectivity index (χ3v) is 6.92. The molecule has 1 saturated heterocycles. The number of aliphatic carboxylic acids is 1. The number of amides is 2. The van der Waals surface area contributed by atoms with Crippen molar-refractivity contribution in [3.63, 3.8) is 0 Å². The van der Waals surface area contributed by atoms with Crippen molar-refractivity contribution in [1.82, 2.24) is 35.4 Å². The number of nitrogens with one attached hydrogen (secondary N) is 1. The third-order valence-electron chi connectivity index (χ3n) is 4.95. The first-order valence-corrected chi connectivity index (χ1v) is 11.7. The molecule has 2 aromatic rings. The van der Waals surface area contributed by atoms with E-state index in [1.165, 1.54) is 28.9 Å². The summed E-state index contributed by atoms with van der Waals surface area (Å²) in [6, 6.07) is -0.959. The van der Waals surface area contributed by atoms with Crippen LogP contribution in [0.1, 0.15) is 11.5 Å². The number of carbonyl (C=O) groups excluding carboxylic acids is 3. The van der Waals surface area contributed by atoms with Crippen LogP contribution in [0.3, 0.4) is 0 Å². The van der Waals surface area contributed by atoms with Gasteiger partial charge in [0.15, 0.2) is 10.8 Å². The van der Waals surface area contributed by atoms with Crippen molar-refractivity contribution < 1.29 is 53.9 Å². The summed E-state index contributed by atoms with van der Waals surface area (Å²) in [6.45, 7) is 2.06. The number of aromatic nitrogens is 5. The third kappa shape index (κ3) is 5.40. The minimum atomic E-state index is -1.48. The van der Waals surface area contributed by atoms with Gasteiger partial charge >= 0.3 is 29.6 Å². The fourth-order valence-corrected chi connectivity index (χ4v) is 5.24. The predicted molar refractivity (Wildman–Crippen MR) is 119 cm³/mol. The van der Waals surface area contributed by atoms with Crippen LogP contribution in [0.5, 0.6) is 0 Å². The molecule has 35 heavy (non-hydrogen) atoms. The number of hydrogen-bond donors (Lipinski definition) is 2. The van der Waals surface area contributed by atoms with Gasteiger partial charge in [0.1, 0.15) is 30.0 Å². The molecule has 0 saturated carbocycles. The fourth-order valence-electron chi connectivity index (χ4n) is 3.37. The summed E-state index contributed by atoms with van der Waals surface area (Å²) in [4.78, 5) is 47.3. The number of carbonyl (C=O) groups is 3. The molecule has 2 aliphatic rings. The molecule has 17 heteroatoms. The zero-order valence-corrected chi connectivity index (χ0v) is 22.5. The number of tetrazole rings is 1. The van der Waals surface area contributed by atoms with E-state index in [1.807, 2.05) is 0 Å². The number of nitrogen functional groups attached to an aromatic ring is 1. The van der Waals surface area contributed by atoms with Gasteiger partial charge in [0.05, 0.1) is 18.2 Å². The number of thiazole rings is 1. The molecule has 2 amide bonds. The second-order valence-corrected chi connectivity index (χ2v) is 9.02. The summed E-state index contributed by atoms with van der Waals surface area (Å²) >= 11 is 2.43. The van der Waals surface area contributed by atoms with Gasteiger partial charge in [-0.1, -0.05) is 17.3 Å². The first-order valence-electron chi connectivity index (χ1n) is 9.73. The number of oxime groups is 1. The number of nitrogens with zero attached hydrogens (tertiary/aromatic N) is 7. The normalized spacial score (nSPS) is 19.8. The fraction of sp³-hybridized carbons (Fsp3) is 0.333. The summed E-state index contributed by atoms with van der Waals surface area (Å²) in [5, 5.41) is 30.4. The molecule has 2 atom stereocenters. The standard InChI is InChI=1S/C18H19N9O5S2.Na/c1-8-22-24-25-26(8)5-3-4-9-6-33-16-12(15(29)27(16)13(9)17(30)31)21-14(28)11(23-32-2)10-7-34-18(19)20-10;/h3-4,7,12,16H,5-6H2,1-2H3,(H2,19,20)(H,21,28)(H,30,31);/q;+1/p-1/b4-3+,23-11?;/t12?,16-;/m1./s1. The number of carboxylic acid groups (broad SMARTS) is 1. The molecule has 3 N–H and O–H groups in total. The average Bonchev–Trinajstić information content (AvgIpc) is 3.42. The van der Waals surface area contributed by atoms with Gasteiger partial charge in [-0.05, 0) is 22.9 Å². The minimum absolute atomic E-state index is 0.